The smallest absolute Gasteiger partial charge is 0.354 e. The van der Waals surface area contributed by atoms with Gasteiger partial charge < -0.3 is 4.74 Å². The molecule has 2 amide bonds. The van der Waals surface area contributed by atoms with E-state index in [1.165, 1.54) is 18.2 Å². The summed E-state index contributed by atoms with van der Waals surface area (Å²) in [5.74, 6) is -1.50. The maximum Gasteiger partial charge on any atom is 0.354 e. The number of rotatable bonds is 3. The number of ether oxygens (including phenoxy) is 1. The number of hydrogen-bond acceptors (Lipinski definition) is 6. The van der Waals surface area contributed by atoms with Gasteiger partial charge in [0, 0.05) is 6.42 Å². The van der Waals surface area contributed by atoms with Gasteiger partial charge in [-0.3, -0.25) is 15.0 Å². The topological polar surface area (TPSA) is 88.1 Å². The molecule has 9 heteroatoms. The van der Waals surface area contributed by atoms with E-state index in [2.05, 4.69) is 10.5 Å². The molecule has 2 aliphatic heterocycles. The number of esters is 1. The average molecular weight is 370 g/mol. The van der Waals surface area contributed by atoms with Gasteiger partial charge in [0.25, 0.3) is 5.91 Å². The van der Waals surface area contributed by atoms with E-state index in [0.29, 0.717) is 10.7 Å². The van der Waals surface area contributed by atoms with Crippen LogP contribution in [0.5, 0.6) is 0 Å². The Morgan fingerprint density at radius 3 is 2.75 bits per heavy atom. The molecule has 1 aromatic carbocycles. The van der Waals surface area contributed by atoms with Crippen molar-refractivity contribution < 1.29 is 19.1 Å². The number of benzene rings is 1. The number of halogens is 2. The molecule has 0 bridgehead atoms. The molecule has 1 unspecified atom stereocenters. The lowest BCUT2D eigenvalue weighted by molar-refractivity contribution is -0.135. The first-order chi connectivity index (χ1) is 11.4. The van der Waals surface area contributed by atoms with Crippen molar-refractivity contribution in [1.82, 2.24) is 5.43 Å². The van der Waals surface area contributed by atoms with Gasteiger partial charge in [0.15, 0.2) is 0 Å². The highest BCUT2D eigenvalue weighted by molar-refractivity contribution is 6.42. The maximum absolute atomic E-state index is 12.8. The Kier molecular flexibility index (Phi) is 4.23. The van der Waals surface area contributed by atoms with E-state index >= 15 is 0 Å². The Morgan fingerprint density at radius 1 is 1.33 bits per heavy atom. The summed E-state index contributed by atoms with van der Waals surface area (Å²) in [4.78, 5) is 38.0. The van der Waals surface area contributed by atoms with Crippen molar-refractivity contribution in [2.75, 3.05) is 11.5 Å². The van der Waals surface area contributed by atoms with Crippen molar-refractivity contribution in [1.29, 1.82) is 0 Å². The van der Waals surface area contributed by atoms with Crippen LogP contribution in [-0.4, -0.2) is 35.6 Å². The number of carbonyl (C=O) groups excluding carboxylic acids is 3. The quantitative estimate of drug-likeness (QED) is 0.649. The molecule has 1 N–H and O–H groups in total. The monoisotopic (exact) mass is 369 g/mol. The number of anilines is 1. The van der Waals surface area contributed by atoms with Crippen LogP contribution in [0, 0.1) is 0 Å². The first kappa shape index (κ1) is 16.7. The molecule has 0 saturated carbocycles. The summed E-state index contributed by atoms with van der Waals surface area (Å²) in [5, 5.41) is 4.43. The second kappa shape index (κ2) is 6.07. The van der Waals surface area contributed by atoms with Crippen LogP contribution in [0.4, 0.5) is 5.69 Å². The van der Waals surface area contributed by atoms with Crippen LogP contribution in [-0.2, 0) is 19.1 Å². The zero-order valence-corrected chi connectivity index (χ0v) is 14.1. The van der Waals surface area contributed by atoms with E-state index < -0.39 is 23.3 Å². The summed E-state index contributed by atoms with van der Waals surface area (Å²) >= 11 is 11.8. The molecule has 24 heavy (non-hydrogen) atoms. The SMILES string of the molecule is CCOC(=O)C1=NNC2(CC(=O)N(c3ccc(Cl)c(Cl)c3)C2=O)C1. The third-order valence-electron chi connectivity index (χ3n) is 3.86. The highest BCUT2D eigenvalue weighted by atomic mass is 35.5. The summed E-state index contributed by atoms with van der Waals surface area (Å²) in [5.41, 5.74) is 1.80. The number of nitrogens with one attached hydrogen (secondary N) is 1. The van der Waals surface area contributed by atoms with Crippen molar-refractivity contribution in [3.8, 4) is 0 Å². The molecule has 2 heterocycles. The molecule has 2 aliphatic rings. The lowest BCUT2D eigenvalue weighted by atomic mass is 9.93. The molecule has 1 aromatic rings. The Balaban J connectivity index is 1.85. The zero-order chi connectivity index (χ0) is 17.5. The van der Waals surface area contributed by atoms with Crippen LogP contribution in [0.1, 0.15) is 19.8 Å². The summed E-state index contributed by atoms with van der Waals surface area (Å²) in [6.07, 6.45) is -0.118. The maximum atomic E-state index is 12.8. The molecule has 1 fully saturated rings. The first-order valence-electron chi connectivity index (χ1n) is 7.21. The summed E-state index contributed by atoms with van der Waals surface area (Å²) < 4.78 is 4.88. The van der Waals surface area contributed by atoms with E-state index in [9.17, 15) is 14.4 Å². The minimum Gasteiger partial charge on any atom is -0.461 e. The largest absolute Gasteiger partial charge is 0.461 e. The highest BCUT2D eigenvalue weighted by Gasteiger charge is 2.56. The number of imide groups is 1. The van der Waals surface area contributed by atoms with Crippen LogP contribution in [0.3, 0.4) is 0 Å². The molecule has 7 nitrogen and oxygen atoms in total. The summed E-state index contributed by atoms with van der Waals surface area (Å²) in [6, 6.07) is 4.49. The second-order valence-corrected chi connectivity index (χ2v) is 6.27. The molecule has 1 atom stereocenters. The average Bonchev–Trinajstić information content (AvgIpc) is 3.06. The molecule has 1 spiro atoms. The molecular weight excluding hydrogens is 357 g/mol. The van der Waals surface area contributed by atoms with Crippen LogP contribution in [0.2, 0.25) is 10.0 Å². The highest BCUT2D eigenvalue weighted by Crippen LogP contribution is 2.36. The fourth-order valence-electron chi connectivity index (χ4n) is 2.72. The van der Waals surface area contributed by atoms with Crippen molar-refractivity contribution in [3.63, 3.8) is 0 Å². The summed E-state index contributed by atoms with van der Waals surface area (Å²) in [7, 11) is 0. The van der Waals surface area contributed by atoms with Crippen LogP contribution < -0.4 is 10.3 Å². The lowest BCUT2D eigenvalue weighted by Crippen LogP contribution is -2.47. The van der Waals surface area contributed by atoms with Gasteiger partial charge in [-0.15, -0.1) is 0 Å². The minimum atomic E-state index is -1.26. The van der Waals surface area contributed by atoms with Gasteiger partial charge in [0.2, 0.25) is 5.91 Å². The van der Waals surface area contributed by atoms with E-state index in [4.69, 9.17) is 27.9 Å². The summed E-state index contributed by atoms with van der Waals surface area (Å²) in [6.45, 7) is 1.87. The molecule has 0 radical (unpaired) electrons. The molecule has 126 valence electrons. The van der Waals surface area contributed by atoms with Gasteiger partial charge in [0.1, 0.15) is 11.3 Å². The Bertz CT molecular complexity index is 780. The van der Waals surface area contributed by atoms with Crippen molar-refractivity contribution in [2.45, 2.75) is 25.3 Å². The standard InChI is InChI=1S/C15H13Cl2N3O4/c1-2-24-13(22)11-6-15(19-18-11)7-12(21)20(14(15)23)8-3-4-9(16)10(17)5-8/h3-5,19H,2,6-7H2,1H3. The van der Waals surface area contributed by atoms with Crippen molar-refractivity contribution >= 4 is 52.4 Å². The fourth-order valence-corrected chi connectivity index (χ4v) is 3.01. The van der Waals surface area contributed by atoms with E-state index in [-0.39, 0.29) is 30.2 Å². The van der Waals surface area contributed by atoms with Crippen LogP contribution in [0.25, 0.3) is 0 Å². The van der Waals surface area contributed by atoms with Crippen molar-refractivity contribution in [2.24, 2.45) is 5.10 Å². The number of hydrogen-bond donors (Lipinski definition) is 1. The Labute approximate surface area is 147 Å². The third-order valence-corrected chi connectivity index (χ3v) is 4.60. The minimum absolute atomic E-state index is 0.00573. The fraction of sp³-hybridized carbons (Fsp3) is 0.333. The first-order valence-corrected chi connectivity index (χ1v) is 7.97. The van der Waals surface area contributed by atoms with E-state index in [0.717, 1.165) is 4.90 Å². The zero-order valence-electron chi connectivity index (χ0n) is 12.6. The molecule has 0 aliphatic carbocycles. The van der Waals surface area contributed by atoms with Crippen LogP contribution in [0.15, 0.2) is 23.3 Å². The number of hydrazone groups is 1. The molecule has 1 saturated heterocycles. The van der Waals surface area contributed by atoms with Gasteiger partial charge >= 0.3 is 5.97 Å². The molecule has 3 rings (SSSR count). The normalized spacial score (nSPS) is 22.8. The number of carbonyl (C=O) groups is 3. The lowest BCUT2D eigenvalue weighted by Gasteiger charge is -2.21. The third kappa shape index (κ3) is 2.63. The predicted octanol–water partition coefficient (Wildman–Crippen LogP) is 1.91. The molecular formula is C15H13Cl2N3O4. The van der Waals surface area contributed by atoms with Crippen LogP contribution >= 0.6 is 23.2 Å². The van der Waals surface area contributed by atoms with Gasteiger partial charge in [-0.2, -0.15) is 5.10 Å². The van der Waals surface area contributed by atoms with Gasteiger partial charge in [-0.25, -0.2) is 9.69 Å². The number of nitrogens with zero attached hydrogens (tertiary/aromatic N) is 2. The second-order valence-electron chi connectivity index (χ2n) is 5.46. The van der Waals surface area contributed by atoms with Gasteiger partial charge in [-0.1, -0.05) is 23.2 Å². The van der Waals surface area contributed by atoms with E-state index in [1.807, 2.05) is 0 Å². The molecule has 0 aromatic heterocycles. The number of amides is 2. The van der Waals surface area contributed by atoms with E-state index in [1.54, 1.807) is 6.92 Å². The Morgan fingerprint density at radius 2 is 2.08 bits per heavy atom. The van der Waals surface area contributed by atoms with Crippen molar-refractivity contribution in [3.05, 3.63) is 28.2 Å². The van der Waals surface area contributed by atoms with Gasteiger partial charge in [-0.05, 0) is 25.1 Å². The Hall–Kier alpha value is -2.12. The van der Waals surface area contributed by atoms with Gasteiger partial charge in [0.05, 0.1) is 28.8 Å². The predicted molar refractivity (Wildman–Crippen MR) is 88.1 cm³/mol.